The monoisotopic (exact) mass is 460 g/mol. The third-order valence-corrected chi connectivity index (χ3v) is 6.04. The van der Waals surface area contributed by atoms with E-state index in [1.165, 1.54) is 0 Å². The molecule has 1 saturated heterocycles. The number of carbonyl (C=O) groups excluding carboxylic acids is 2. The Morgan fingerprint density at radius 2 is 1.34 bits per heavy atom. The fourth-order valence-electron chi connectivity index (χ4n) is 4.36. The van der Waals surface area contributed by atoms with Crippen molar-refractivity contribution in [3.8, 4) is 5.75 Å². The Morgan fingerprint density at radius 3 is 1.94 bits per heavy atom. The molecule has 0 aliphatic carbocycles. The molecular formula is C30H24N2O3. The molecule has 0 spiro atoms. The van der Waals surface area contributed by atoms with Crippen LogP contribution in [0.5, 0.6) is 5.75 Å². The second-order valence-electron chi connectivity index (χ2n) is 8.16. The number of carbonyl (C=O) groups is 2. The van der Waals surface area contributed by atoms with Crippen molar-refractivity contribution >= 4 is 28.8 Å². The summed E-state index contributed by atoms with van der Waals surface area (Å²) >= 11 is 0. The molecule has 1 heterocycles. The minimum atomic E-state index is -0.408. The molecule has 5 nitrogen and oxygen atoms in total. The van der Waals surface area contributed by atoms with Crippen molar-refractivity contribution in [1.29, 1.82) is 0 Å². The summed E-state index contributed by atoms with van der Waals surface area (Å²) in [5.74, 6) is 0.188. The van der Waals surface area contributed by atoms with Gasteiger partial charge in [0.05, 0.1) is 24.3 Å². The standard InChI is InChI=1S/C30H24N2O3/c1-35-25-19-17-24(18-20-25)32-28(22-13-7-3-8-14-22)27(30(32)34)26(21-11-5-2-6-12-21)29(33)31-23-15-9-4-10-16-23/h2-20,28H,1H3,(H,31,33). The van der Waals surface area contributed by atoms with Crippen LogP contribution in [0.2, 0.25) is 0 Å². The van der Waals surface area contributed by atoms with Crippen LogP contribution in [0.15, 0.2) is 121 Å². The largest absolute Gasteiger partial charge is 0.497 e. The number of benzene rings is 4. The van der Waals surface area contributed by atoms with Gasteiger partial charge in [0.25, 0.3) is 11.8 Å². The van der Waals surface area contributed by atoms with E-state index in [1.54, 1.807) is 12.0 Å². The lowest BCUT2D eigenvalue weighted by atomic mass is 9.81. The molecule has 5 heteroatoms. The van der Waals surface area contributed by atoms with Gasteiger partial charge in [-0.3, -0.25) is 14.5 Å². The van der Waals surface area contributed by atoms with Crippen molar-refractivity contribution in [1.82, 2.24) is 0 Å². The highest BCUT2D eigenvalue weighted by Crippen LogP contribution is 2.46. The molecule has 0 radical (unpaired) electrons. The number of ether oxygens (including phenoxy) is 1. The predicted octanol–water partition coefficient (Wildman–Crippen LogP) is 5.88. The Labute approximate surface area is 204 Å². The van der Waals surface area contributed by atoms with Gasteiger partial charge in [-0.2, -0.15) is 0 Å². The number of hydrogen-bond acceptors (Lipinski definition) is 3. The number of nitrogens with one attached hydrogen (secondary N) is 1. The molecule has 5 rings (SSSR count). The molecular weight excluding hydrogens is 436 g/mol. The Hall–Kier alpha value is -4.64. The van der Waals surface area contributed by atoms with E-state index < -0.39 is 6.04 Å². The number of methoxy groups -OCH3 is 1. The maximum absolute atomic E-state index is 13.7. The molecule has 2 amide bonds. The lowest BCUT2D eigenvalue weighted by Gasteiger charge is -2.44. The molecule has 0 saturated carbocycles. The molecule has 1 aliphatic rings. The summed E-state index contributed by atoms with van der Waals surface area (Å²) in [7, 11) is 1.61. The second kappa shape index (κ2) is 9.69. The third-order valence-electron chi connectivity index (χ3n) is 6.04. The van der Waals surface area contributed by atoms with Crippen molar-refractivity contribution < 1.29 is 14.3 Å². The first-order valence-corrected chi connectivity index (χ1v) is 11.4. The minimum absolute atomic E-state index is 0.203. The van der Waals surface area contributed by atoms with Gasteiger partial charge in [-0.05, 0) is 47.5 Å². The quantitative estimate of drug-likeness (QED) is 0.289. The normalized spacial score (nSPS) is 16.3. The molecule has 1 atom stereocenters. The zero-order valence-corrected chi connectivity index (χ0v) is 19.2. The van der Waals surface area contributed by atoms with E-state index in [9.17, 15) is 9.59 Å². The van der Waals surface area contributed by atoms with Gasteiger partial charge < -0.3 is 10.1 Å². The van der Waals surface area contributed by atoms with Crippen LogP contribution in [0.25, 0.3) is 5.57 Å². The zero-order valence-electron chi connectivity index (χ0n) is 19.2. The van der Waals surface area contributed by atoms with E-state index >= 15 is 0 Å². The lowest BCUT2D eigenvalue weighted by Crippen LogP contribution is -2.50. The first kappa shape index (κ1) is 22.2. The first-order chi connectivity index (χ1) is 17.2. The van der Waals surface area contributed by atoms with Crippen molar-refractivity contribution in [3.05, 3.63) is 132 Å². The number of anilines is 2. The SMILES string of the molecule is COc1ccc(N2C(=O)C(=C(C(=O)Nc3ccccc3)c3ccccc3)C2c2ccccc2)cc1. The maximum Gasteiger partial charge on any atom is 0.258 e. The van der Waals surface area contributed by atoms with Crippen LogP contribution in [0.1, 0.15) is 17.2 Å². The van der Waals surface area contributed by atoms with E-state index in [2.05, 4.69) is 5.32 Å². The maximum atomic E-state index is 13.7. The average molecular weight is 461 g/mol. The predicted molar refractivity (Wildman–Crippen MR) is 138 cm³/mol. The van der Waals surface area contributed by atoms with Gasteiger partial charge in [-0.1, -0.05) is 78.9 Å². The highest BCUT2D eigenvalue weighted by Gasteiger charge is 2.47. The van der Waals surface area contributed by atoms with Crippen LogP contribution in [0.3, 0.4) is 0 Å². The van der Waals surface area contributed by atoms with Crippen LogP contribution >= 0.6 is 0 Å². The van der Waals surface area contributed by atoms with Gasteiger partial charge >= 0.3 is 0 Å². The molecule has 1 fully saturated rings. The summed E-state index contributed by atoms with van der Waals surface area (Å²) in [5, 5.41) is 2.97. The summed E-state index contributed by atoms with van der Waals surface area (Å²) in [6, 6.07) is 35.3. The summed E-state index contributed by atoms with van der Waals surface area (Å²) in [4.78, 5) is 29.1. The van der Waals surface area contributed by atoms with E-state index in [0.29, 0.717) is 28.1 Å². The van der Waals surface area contributed by atoms with E-state index in [0.717, 1.165) is 11.3 Å². The lowest BCUT2D eigenvalue weighted by molar-refractivity contribution is -0.119. The summed E-state index contributed by atoms with van der Waals surface area (Å²) < 4.78 is 5.28. The first-order valence-electron chi connectivity index (χ1n) is 11.4. The van der Waals surface area contributed by atoms with Crippen molar-refractivity contribution in [2.75, 3.05) is 17.3 Å². The number of rotatable bonds is 6. The Balaban J connectivity index is 1.65. The number of hydrogen-bond donors (Lipinski definition) is 1. The molecule has 1 N–H and O–H groups in total. The molecule has 1 unspecified atom stereocenters. The number of β-lactam (4-membered cyclic amide) rings is 1. The summed E-state index contributed by atoms with van der Waals surface area (Å²) in [5.41, 5.74) is 3.87. The molecule has 4 aromatic rings. The second-order valence-corrected chi connectivity index (χ2v) is 8.16. The summed E-state index contributed by atoms with van der Waals surface area (Å²) in [6.45, 7) is 0. The number of para-hydroxylation sites is 1. The van der Waals surface area contributed by atoms with Crippen LogP contribution in [-0.4, -0.2) is 18.9 Å². The van der Waals surface area contributed by atoms with E-state index in [1.807, 2.05) is 115 Å². The Bertz CT molecular complexity index is 1370. The number of nitrogens with zero attached hydrogens (tertiary/aromatic N) is 1. The minimum Gasteiger partial charge on any atom is -0.497 e. The highest BCUT2D eigenvalue weighted by molar-refractivity contribution is 6.34. The van der Waals surface area contributed by atoms with Gasteiger partial charge in [0.1, 0.15) is 5.75 Å². The molecule has 1 aliphatic heterocycles. The van der Waals surface area contributed by atoms with Gasteiger partial charge in [0, 0.05) is 11.4 Å². The van der Waals surface area contributed by atoms with Crippen LogP contribution in [-0.2, 0) is 9.59 Å². The van der Waals surface area contributed by atoms with Crippen LogP contribution in [0.4, 0.5) is 11.4 Å². The van der Waals surface area contributed by atoms with Gasteiger partial charge in [-0.25, -0.2) is 0 Å². The molecule has 0 aromatic heterocycles. The summed E-state index contributed by atoms with van der Waals surface area (Å²) in [6.07, 6.45) is 0. The average Bonchev–Trinajstić information content (AvgIpc) is 2.91. The molecule has 35 heavy (non-hydrogen) atoms. The topological polar surface area (TPSA) is 58.6 Å². The van der Waals surface area contributed by atoms with Gasteiger partial charge in [0.2, 0.25) is 0 Å². The zero-order chi connectivity index (χ0) is 24.2. The smallest absolute Gasteiger partial charge is 0.258 e. The van der Waals surface area contributed by atoms with Gasteiger partial charge in [0.15, 0.2) is 0 Å². The van der Waals surface area contributed by atoms with Crippen molar-refractivity contribution in [2.45, 2.75) is 6.04 Å². The fourth-order valence-corrected chi connectivity index (χ4v) is 4.36. The van der Waals surface area contributed by atoms with E-state index in [-0.39, 0.29) is 11.8 Å². The Kier molecular flexibility index (Phi) is 6.14. The van der Waals surface area contributed by atoms with Crippen LogP contribution < -0.4 is 15.0 Å². The fraction of sp³-hybridized carbons (Fsp3) is 0.0667. The highest BCUT2D eigenvalue weighted by atomic mass is 16.5. The molecule has 172 valence electrons. The van der Waals surface area contributed by atoms with Crippen molar-refractivity contribution in [2.24, 2.45) is 0 Å². The third kappa shape index (κ3) is 4.32. The van der Waals surface area contributed by atoms with Crippen molar-refractivity contribution in [3.63, 3.8) is 0 Å². The Morgan fingerprint density at radius 1 is 0.771 bits per heavy atom. The molecule has 4 aromatic carbocycles. The number of amides is 2. The van der Waals surface area contributed by atoms with Gasteiger partial charge in [-0.15, -0.1) is 0 Å². The van der Waals surface area contributed by atoms with Crippen LogP contribution in [0, 0.1) is 0 Å². The molecule has 0 bridgehead atoms. The van der Waals surface area contributed by atoms with E-state index in [4.69, 9.17) is 4.74 Å².